The van der Waals surface area contributed by atoms with E-state index >= 15 is 0 Å². The van der Waals surface area contributed by atoms with Crippen LogP contribution >= 0.6 is 27.3 Å². The molecule has 0 amide bonds. The van der Waals surface area contributed by atoms with Crippen molar-refractivity contribution in [1.82, 2.24) is 0 Å². The SMILES string of the molecule is Cc1ccc(C(=O)c2cc(Br)c(C)s2)cc1N. The molecule has 2 rings (SSSR count). The van der Waals surface area contributed by atoms with E-state index in [4.69, 9.17) is 5.73 Å². The van der Waals surface area contributed by atoms with Gasteiger partial charge in [-0.25, -0.2) is 0 Å². The topological polar surface area (TPSA) is 43.1 Å². The number of hydrogen-bond donors (Lipinski definition) is 1. The lowest BCUT2D eigenvalue weighted by Crippen LogP contribution is -2.00. The summed E-state index contributed by atoms with van der Waals surface area (Å²) in [5.74, 6) is 0.0236. The third-order valence-electron chi connectivity index (χ3n) is 2.62. The first-order chi connectivity index (χ1) is 7.99. The molecule has 17 heavy (non-hydrogen) atoms. The molecule has 0 radical (unpaired) electrons. The van der Waals surface area contributed by atoms with Crippen molar-refractivity contribution in [2.75, 3.05) is 5.73 Å². The van der Waals surface area contributed by atoms with Gasteiger partial charge in [0.2, 0.25) is 5.78 Å². The predicted molar refractivity (Wildman–Crippen MR) is 75.8 cm³/mol. The van der Waals surface area contributed by atoms with E-state index in [0.29, 0.717) is 11.3 Å². The second-order valence-electron chi connectivity index (χ2n) is 3.92. The Kier molecular flexibility index (Phi) is 3.35. The van der Waals surface area contributed by atoms with Crippen molar-refractivity contribution < 1.29 is 4.79 Å². The van der Waals surface area contributed by atoms with Crippen molar-refractivity contribution in [3.05, 3.63) is 49.6 Å². The number of carbonyl (C=O) groups is 1. The van der Waals surface area contributed by atoms with Gasteiger partial charge in [-0.15, -0.1) is 11.3 Å². The lowest BCUT2D eigenvalue weighted by atomic mass is 10.1. The molecule has 1 aromatic heterocycles. The number of aryl methyl sites for hydroxylation is 2. The molecule has 0 saturated heterocycles. The summed E-state index contributed by atoms with van der Waals surface area (Å²) in [6.07, 6.45) is 0. The standard InChI is InChI=1S/C13H12BrNOS/c1-7-3-4-9(5-11(7)15)13(16)12-6-10(14)8(2)17-12/h3-6H,15H2,1-2H3. The Labute approximate surface area is 113 Å². The molecule has 4 heteroatoms. The van der Waals surface area contributed by atoms with Crippen LogP contribution in [-0.2, 0) is 0 Å². The first-order valence-corrected chi connectivity index (χ1v) is 6.76. The Morgan fingerprint density at radius 2 is 2.00 bits per heavy atom. The Morgan fingerprint density at radius 3 is 2.53 bits per heavy atom. The zero-order valence-electron chi connectivity index (χ0n) is 9.58. The molecule has 0 aliphatic rings. The number of hydrogen-bond acceptors (Lipinski definition) is 3. The van der Waals surface area contributed by atoms with Crippen LogP contribution in [0.4, 0.5) is 5.69 Å². The van der Waals surface area contributed by atoms with Gasteiger partial charge in [0.05, 0.1) is 4.88 Å². The van der Waals surface area contributed by atoms with Gasteiger partial charge in [-0.3, -0.25) is 4.79 Å². The number of nitrogens with two attached hydrogens (primary N) is 1. The monoisotopic (exact) mass is 309 g/mol. The molecular formula is C13H12BrNOS. The zero-order chi connectivity index (χ0) is 12.6. The fraction of sp³-hybridized carbons (Fsp3) is 0.154. The largest absolute Gasteiger partial charge is 0.398 e. The molecule has 1 heterocycles. The van der Waals surface area contributed by atoms with Crippen molar-refractivity contribution in [2.45, 2.75) is 13.8 Å². The summed E-state index contributed by atoms with van der Waals surface area (Å²) in [5.41, 5.74) is 8.10. The second kappa shape index (κ2) is 4.63. The Bertz CT molecular complexity index is 570. The number of ketones is 1. The fourth-order valence-corrected chi connectivity index (χ4v) is 2.99. The van der Waals surface area contributed by atoms with Crippen LogP contribution in [0.3, 0.4) is 0 Å². The second-order valence-corrected chi connectivity index (χ2v) is 6.03. The highest BCUT2D eigenvalue weighted by Gasteiger charge is 2.14. The molecule has 0 atom stereocenters. The average molecular weight is 310 g/mol. The van der Waals surface area contributed by atoms with Crippen molar-refractivity contribution >= 4 is 38.7 Å². The molecule has 0 aliphatic heterocycles. The molecular weight excluding hydrogens is 298 g/mol. The van der Waals surface area contributed by atoms with Crippen LogP contribution < -0.4 is 5.73 Å². The molecule has 2 N–H and O–H groups in total. The van der Waals surface area contributed by atoms with Gasteiger partial charge >= 0.3 is 0 Å². The molecule has 0 bridgehead atoms. The number of anilines is 1. The highest BCUT2D eigenvalue weighted by atomic mass is 79.9. The first kappa shape index (κ1) is 12.3. The van der Waals surface area contributed by atoms with E-state index in [2.05, 4.69) is 15.9 Å². The van der Waals surface area contributed by atoms with Crippen LogP contribution in [0.15, 0.2) is 28.7 Å². The number of nitrogen functional groups attached to an aromatic ring is 1. The van der Waals surface area contributed by atoms with E-state index in [-0.39, 0.29) is 5.78 Å². The highest BCUT2D eigenvalue weighted by molar-refractivity contribution is 9.10. The van der Waals surface area contributed by atoms with Gasteiger partial charge in [0.15, 0.2) is 0 Å². The molecule has 2 aromatic rings. The summed E-state index contributed by atoms with van der Waals surface area (Å²) in [5, 5.41) is 0. The highest BCUT2D eigenvalue weighted by Crippen LogP contribution is 2.28. The predicted octanol–water partition coefficient (Wildman–Crippen LogP) is 3.94. The van der Waals surface area contributed by atoms with E-state index in [1.165, 1.54) is 11.3 Å². The van der Waals surface area contributed by atoms with Crippen molar-refractivity contribution in [3.63, 3.8) is 0 Å². The van der Waals surface area contributed by atoms with Crippen LogP contribution in [0.25, 0.3) is 0 Å². The Balaban J connectivity index is 2.40. The van der Waals surface area contributed by atoms with E-state index in [1.807, 2.05) is 32.0 Å². The van der Waals surface area contributed by atoms with E-state index < -0.39 is 0 Å². The van der Waals surface area contributed by atoms with Gasteiger partial charge in [0.25, 0.3) is 0 Å². The van der Waals surface area contributed by atoms with E-state index in [1.54, 1.807) is 6.07 Å². The maximum absolute atomic E-state index is 12.2. The minimum Gasteiger partial charge on any atom is -0.398 e. The summed E-state index contributed by atoms with van der Waals surface area (Å²) in [6.45, 7) is 3.91. The summed E-state index contributed by atoms with van der Waals surface area (Å²) in [4.78, 5) is 14.0. The van der Waals surface area contributed by atoms with Gasteiger partial charge in [0, 0.05) is 20.6 Å². The summed E-state index contributed by atoms with van der Waals surface area (Å²) < 4.78 is 0.978. The van der Waals surface area contributed by atoms with Crippen LogP contribution in [-0.4, -0.2) is 5.78 Å². The number of benzene rings is 1. The Hall–Kier alpha value is -1.13. The lowest BCUT2D eigenvalue weighted by molar-refractivity contribution is 0.104. The van der Waals surface area contributed by atoms with Crippen LogP contribution in [0.2, 0.25) is 0 Å². The molecule has 1 aromatic carbocycles. The van der Waals surface area contributed by atoms with Gasteiger partial charge in [-0.2, -0.15) is 0 Å². The fourth-order valence-electron chi connectivity index (χ4n) is 1.50. The lowest BCUT2D eigenvalue weighted by Gasteiger charge is -2.02. The summed E-state index contributed by atoms with van der Waals surface area (Å²) >= 11 is 4.91. The quantitative estimate of drug-likeness (QED) is 0.674. The maximum atomic E-state index is 12.2. The molecule has 88 valence electrons. The van der Waals surface area contributed by atoms with E-state index in [0.717, 1.165) is 19.8 Å². The van der Waals surface area contributed by atoms with E-state index in [9.17, 15) is 4.79 Å². The molecule has 0 spiro atoms. The Morgan fingerprint density at radius 1 is 1.29 bits per heavy atom. The number of carbonyl (C=O) groups excluding carboxylic acids is 1. The van der Waals surface area contributed by atoms with Crippen molar-refractivity contribution in [1.29, 1.82) is 0 Å². The molecule has 0 saturated carbocycles. The first-order valence-electron chi connectivity index (χ1n) is 5.16. The molecule has 2 nitrogen and oxygen atoms in total. The number of thiophene rings is 1. The average Bonchev–Trinajstić information content (AvgIpc) is 2.62. The number of rotatable bonds is 2. The van der Waals surface area contributed by atoms with Crippen molar-refractivity contribution in [2.24, 2.45) is 0 Å². The molecule has 0 unspecified atom stereocenters. The third-order valence-corrected chi connectivity index (χ3v) is 4.76. The minimum absolute atomic E-state index is 0.0236. The summed E-state index contributed by atoms with van der Waals surface area (Å²) in [6, 6.07) is 7.29. The van der Waals surface area contributed by atoms with Crippen LogP contribution in [0.1, 0.15) is 25.7 Å². The third kappa shape index (κ3) is 2.42. The maximum Gasteiger partial charge on any atom is 0.203 e. The summed E-state index contributed by atoms with van der Waals surface area (Å²) in [7, 11) is 0. The minimum atomic E-state index is 0.0236. The van der Waals surface area contributed by atoms with Crippen molar-refractivity contribution in [3.8, 4) is 0 Å². The molecule has 0 fully saturated rings. The van der Waals surface area contributed by atoms with Crippen LogP contribution in [0, 0.1) is 13.8 Å². The van der Waals surface area contributed by atoms with Gasteiger partial charge in [-0.1, -0.05) is 12.1 Å². The smallest absolute Gasteiger partial charge is 0.203 e. The van der Waals surface area contributed by atoms with Gasteiger partial charge in [0.1, 0.15) is 0 Å². The number of halogens is 1. The van der Waals surface area contributed by atoms with Gasteiger partial charge < -0.3 is 5.73 Å². The van der Waals surface area contributed by atoms with Gasteiger partial charge in [-0.05, 0) is 47.5 Å². The molecule has 0 aliphatic carbocycles. The van der Waals surface area contributed by atoms with Crippen LogP contribution in [0.5, 0.6) is 0 Å². The zero-order valence-corrected chi connectivity index (χ0v) is 12.0. The normalized spacial score (nSPS) is 10.5.